The van der Waals surface area contributed by atoms with Crippen molar-refractivity contribution in [2.75, 3.05) is 4.90 Å². The topological polar surface area (TPSA) is 51.0 Å². The lowest BCUT2D eigenvalue weighted by Crippen LogP contribution is -2.22. The number of rotatable bonds is 6. The smallest absolute Gasteiger partial charge is 0.230 e. The Morgan fingerprint density at radius 2 is 1.97 bits per heavy atom. The van der Waals surface area contributed by atoms with Gasteiger partial charge >= 0.3 is 0 Å². The molecule has 0 N–H and O–H groups in total. The van der Waals surface area contributed by atoms with E-state index < -0.39 is 0 Å². The highest BCUT2D eigenvalue weighted by molar-refractivity contribution is 7.98. The first-order chi connectivity index (χ1) is 14.5. The first-order valence-corrected chi connectivity index (χ1v) is 11.4. The van der Waals surface area contributed by atoms with Crippen LogP contribution in [0.4, 0.5) is 10.8 Å². The van der Waals surface area contributed by atoms with Gasteiger partial charge in [-0.25, -0.2) is 9.97 Å². The molecule has 0 aliphatic heterocycles. The molecule has 2 heterocycles. The second-order valence-corrected chi connectivity index (χ2v) is 8.73. The van der Waals surface area contributed by atoms with Crippen LogP contribution in [0.5, 0.6) is 0 Å². The van der Waals surface area contributed by atoms with Gasteiger partial charge in [-0.05, 0) is 30.2 Å². The second-order valence-electron chi connectivity index (χ2n) is 6.95. The number of aromatic nitrogens is 3. The van der Waals surface area contributed by atoms with Crippen molar-refractivity contribution in [2.45, 2.75) is 24.8 Å². The maximum absolute atomic E-state index is 12.3. The van der Waals surface area contributed by atoms with Crippen LogP contribution >= 0.6 is 23.1 Å². The predicted molar refractivity (Wildman–Crippen MR) is 124 cm³/mol. The third kappa shape index (κ3) is 4.32. The third-order valence-corrected chi connectivity index (χ3v) is 6.62. The SMILES string of the molecule is CC(=O)N(c1cccc(C)c1)c1nc(CSc2ncc(-c3ccccc3)n2C)cs1. The predicted octanol–water partition coefficient (Wildman–Crippen LogP) is 5.83. The summed E-state index contributed by atoms with van der Waals surface area (Å²) in [7, 11) is 2.03. The summed E-state index contributed by atoms with van der Waals surface area (Å²) in [4.78, 5) is 23.3. The van der Waals surface area contributed by atoms with Crippen LogP contribution < -0.4 is 4.90 Å². The molecule has 4 aromatic rings. The van der Waals surface area contributed by atoms with Crippen molar-refractivity contribution in [3.63, 3.8) is 0 Å². The van der Waals surface area contributed by atoms with Crippen molar-refractivity contribution in [3.8, 4) is 11.3 Å². The minimum absolute atomic E-state index is 0.0502. The van der Waals surface area contributed by atoms with E-state index in [2.05, 4.69) is 21.7 Å². The van der Waals surface area contributed by atoms with Crippen LogP contribution in [0.2, 0.25) is 0 Å². The fraction of sp³-hybridized carbons (Fsp3) is 0.174. The molecule has 0 aliphatic rings. The highest BCUT2D eigenvalue weighted by Crippen LogP contribution is 2.32. The summed E-state index contributed by atoms with van der Waals surface area (Å²) in [6, 6.07) is 18.1. The van der Waals surface area contributed by atoms with Gasteiger partial charge in [-0.15, -0.1) is 11.3 Å². The molecule has 0 saturated heterocycles. The van der Waals surface area contributed by atoms with Crippen molar-refractivity contribution in [3.05, 3.63) is 77.4 Å². The summed E-state index contributed by atoms with van der Waals surface area (Å²) in [5, 5.41) is 3.63. The molecule has 7 heteroatoms. The number of thiazole rings is 1. The molecule has 0 unspecified atom stereocenters. The Bertz CT molecular complexity index is 1170. The lowest BCUT2D eigenvalue weighted by atomic mass is 10.2. The zero-order chi connectivity index (χ0) is 21.1. The quantitative estimate of drug-likeness (QED) is 0.358. The van der Waals surface area contributed by atoms with Crippen LogP contribution in [0.25, 0.3) is 11.3 Å². The number of nitrogens with zero attached hydrogens (tertiary/aromatic N) is 4. The van der Waals surface area contributed by atoms with Gasteiger partial charge in [0, 0.05) is 25.1 Å². The number of hydrogen-bond donors (Lipinski definition) is 0. The van der Waals surface area contributed by atoms with E-state index in [0.717, 1.165) is 33.4 Å². The Kier molecular flexibility index (Phi) is 6.01. The minimum Gasteiger partial charge on any atom is -0.322 e. The molecule has 2 aromatic heterocycles. The molecule has 0 aliphatic carbocycles. The molecule has 30 heavy (non-hydrogen) atoms. The zero-order valence-electron chi connectivity index (χ0n) is 17.1. The Morgan fingerprint density at radius 3 is 2.70 bits per heavy atom. The van der Waals surface area contributed by atoms with Gasteiger partial charge in [-0.1, -0.05) is 54.2 Å². The largest absolute Gasteiger partial charge is 0.322 e. The van der Waals surface area contributed by atoms with Crippen LogP contribution in [0, 0.1) is 6.92 Å². The summed E-state index contributed by atoms with van der Waals surface area (Å²) >= 11 is 3.12. The van der Waals surface area contributed by atoms with Gasteiger partial charge in [-0.3, -0.25) is 9.69 Å². The van der Waals surface area contributed by atoms with Crippen LogP contribution in [0.1, 0.15) is 18.2 Å². The van der Waals surface area contributed by atoms with Gasteiger partial charge in [0.2, 0.25) is 5.91 Å². The van der Waals surface area contributed by atoms with Crippen LogP contribution in [-0.4, -0.2) is 20.4 Å². The number of anilines is 2. The van der Waals surface area contributed by atoms with Crippen LogP contribution in [0.3, 0.4) is 0 Å². The molecule has 1 amide bonds. The van der Waals surface area contributed by atoms with E-state index in [1.54, 1.807) is 23.6 Å². The second kappa shape index (κ2) is 8.85. The number of hydrogen-bond acceptors (Lipinski definition) is 5. The van der Waals surface area contributed by atoms with Gasteiger partial charge in [0.15, 0.2) is 10.3 Å². The normalized spacial score (nSPS) is 10.9. The number of carbonyl (C=O) groups excluding carboxylic acids is 1. The molecule has 0 radical (unpaired) electrons. The number of aryl methyl sites for hydroxylation is 1. The lowest BCUT2D eigenvalue weighted by molar-refractivity contribution is -0.115. The van der Waals surface area contributed by atoms with E-state index in [0.29, 0.717) is 10.9 Å². The monoisotopic (exact) mass is 434 g/mol. The first kappa shape index (κ1) is 20.4. The zero-order valence-corrected chi connectivity index (χ0v) is 18.7. The molecule has 0 spiro atoms. The molecular weight excluding hydrogens is 412 g/mol. The fourth-order valence-electron chi connectivity index (χ4n) is 3.20. The van der Waals surface area contributed by atoms with E-state index in [-0.39, 0.29) is 5.91 Å². The summed E-state index contributed by atoms with van der Waals surface area (Å²) in [5.41, 5.74) is 5.11. The Balaban J connectivity index is 1.50. The highest BCUT2D eigenvalue weighted by atomic mass is 32.2. The first-order valence-electron chi connectivity index (χ1n) is 9.54. The van der Waals surface area contributed by atoms with Gasteiger partial charge in [-0.2, -0.15) is 0 Å². The summed E-state index contributed by atoms with van der Waals surface area (Å²) in [5.74, 6) is 0.639. The maximum atomic E-state index is 12.3. The van der Waals surface area contributed by atoms with Gasteiger partial charge in [0.25, 0.3) is 0 Å². The summed E-state index contributed by atoms with van der Waals surface area (Å²) in [6.07, 6.45) is 1.90. The molecule has 0 fully saturated rings. The van der Waals surface area contributed by atoms with E-state index in [9.17, 15) is 4.79 Å². The third-order valence-electron chi connectivity index (χ3n) is 4.67. The van der Waals surface area contributed by atoms with E-state index in [1.165, 1.54) is 11.3 Å². The molecule has 0 saturated carbocycles. The van der Waals surface area contributed by atoms with Crippen LogP contribution in [0.15, 0.2) is 71.3 Å². The minimum atomic E-state index is -0.0502. The molecule has 0 atom stereocenters. The standard InChI is InChI=1S/C23H22N4OS2/c1-16-8-7-11-20(12-16)27(17(2)28)23-25-19(15-30-23)14-29-22-24-13-21(26(22)3)18-9-5-4-6-10-18/h4-13,15H,14H2,1-3H3. The van der Waals surface area contributed by atoms with E-state index in [4.69, 9.17) is 4.98 Å². The van der Waals surface area contributed by atoms with Crippen molar-refractivity contribution in [1.82, 2.24) is 14.5 Å². The average Bonchev–Trinajstić information content (AvgIpc) is 3.34. The fourth-order valence-corrected chi connectivity index (χ4v) is 5.04. The lowest BCUT2D eigenvalue weighted by Gasteiger charge is -2.18. The van der Waals surface area contributed by atoms with Crippen molar-refractivity contribution in [1.29, 1.82) is 0 Å². The highest BCUT2D eigenvalue weighted by Gasteiger charge is 2.18. The van der Waals surface area contributed by atoms with Gasteiger partial charge < -0.3 is 4.57 Å². The molecule has 0 bridgehead atoms. The van der Waals surface area contributed by atoms with Crippen LogP contribution in [-0.2, 0) is 17.6 Å². The molecule has 4 rings (SSSR count). The number of carbonyl (C=O) groups is 1. The summed E-state index contributed by atoms with van der Waals surface area (Å²) in [6.45, 7) is 3.58. The molecule has 2 aromatic carbocycles. The maximum Gasteiger partial charge on any atom is 0.230 e. The number of amides is 1. The number of thioether (sulfide) groups is 1. The molecule has 152 valence electrons. The van der Waals surface area contributed by atoms with Crippen molar-refractivity contribution < 1.29 is 4.79 Å². The van der Waals surface area contributed by atoms with Gasteiger partial charge in [0.1, 0.15) is 0 Å². The van der Waals surface area contributed by atoms with Crippen molar-refractivity contribution in [2.24, 2.45) is 7.05 Å². The average molecular weight is 435 g/mol. The molecular formula is C23H22N4OS2. The van der Waals surface area contributed by atoms with Gasteiger partial charge in [0.05, 0.1) is 23.3 Å². The Labute approximate surface area is 184 Å². The van der Waals surface area contributed by atoms with E-state index in [1.807, 2.05) is 68.0 Å². The molecule has 5 nitrogen and oxygen atoms in total. The van der Waals surface area contributed by atoms with E-state index >= 15 is 0 Å². The number of benzene rings is 2. The Hall–Kier alpha value is -2.90. The van der Waals surface area contributed by atoms with Crippen molar-refractivity contribution >= 4 is 39.8 Å². The summed E-state index contributed by atoms with van der Waals surface area (Å²) < 4.78 is 2.10. The Morgan fingerprint density at radius 1 is 1.17 bits per heavy atom. The number of imidazole rings is 1.